The molecule has 8 nitrogen and oxygen atoms in total. The molecule has 1 N–H and O–H groups in total. The predicted octanol–water partition coefficient (Wildman–Crippen LogP) is 3.00. The maximum absolute atomic E-state index is 13.5. The van der Waals surface area contributed by atoms with Gasteiger partial charge in [-0.15, -0.1) is 0 Å². The minimum atomic E-state index is -0.590. The van der Waals surface area contributed by atoms with Crippen LogP contribution in [0.5, 0.6) is 5.88 Å². The van der Waals surface area contributed by atoms with Crippen LogP contribution in [0.15, 0.2) is 42.7 Å². The second-order valence-electron chi connectivity index (χ2n) is 6.17. The maximum Gasteiger partial charge on any atom is 0.258 e. The lowest BCUT2D eigenvalue weighted by atomic mass is 10.1. The third-order valence-corrected chi connectivity index (χ3v) is 4.00. The Kier molecular flexibility index (Phi) is 5.64. The van der Waals surface area contributed by atoms with Crippen LogP contribution in [-0.2, 0) is 0 Å². The zero-order valence-electron chi connectivity index (χ0n) is 16.0. The Hall–Kier alpha value is -4.06. The fraction of sp³-hybridized carbons (Fsp3) is 0.150. The first-order chi connectivity index (χ1) is 13.9. The molecule has 0 saturated heterocycles. The molecule has 29 heavy (non-hydrogen) atoms. The van der Waals surface area contributed by atoms with Crippen LogP contribution in [0, 0.1) is 17.1 Å². The molecule has 1 aromatic carbocycles. The van der Waals surface area contributed by atoms with Crippen molar-refractivity contribution >= 4 is 17.5 Å². The van der Waals surface area contributed by atoms with Gasteiger partial charge in [0.15, 0.2) is 0 Å². The van der Waals surface area contributed by atoms with Crippen LogP contribution >= 0.6 is 0 Å². The average Bonchev–Trinajstić information content (AvgIpc) is 2.73. The number of nitrogens with zero attached hydrogens (tertiary/aromatic N) is 5. The smallest absolute Gasteiger partial charge is 0.258 e. The Bertz CT molecular complexity index is 1110. The molecule has 0 spiro atoms. The highest BCUT2D eigenvalue weighted by atomic mass is 19.1. The highest BCUT2D eigenvalue weighted by Crippen LogP contribution is 2.24. The molecule has 2 aromatic heterocycles. The van der Waals surface area contributed by atoms with Crippen molar-refractivity contribution < 1.29 is 13.9 Å². The molecule has 0 aliphatic carbocycles. The number of anilines is 2. The first-order valence-electron chi connectivity index (χ1n) is 8.48. The van der Waals surface area contributed by atoms with E-state index in [1.807, 2.05) is 0 Å². The molecule has 1 amide bonds. The number of nitriles is 1. The van der Waals surface area contributed by atoms with E-state index < -0.39 is 5.82 Å². The molecular formula is C20H17FN6O2. The Morgan fingerprint density at radius 3 is 2.66 bits per heavy atom. The van der Waals surface area contributed by atoms with Gasteiger partial charge in [0.25, 0.3) is 5.91 Å². The van der Waals surface area contributed by atoms with Crippen LogP contribution in [0.4, 0.5) is 16.0 Å². The summed E-state index contributed by atoms with van der Waals surface area (Å²) in [6.45, 7) is 0. The average molecular weight is 392 g/mol. The van der Waals surface area contributed by atoms with E-state index in [-0.39, 0.29) is 17.4 Å². The zero-order chi connectivity index (χ0) is 21.0. The Labute approximate surface area is 166 Å². The number of carbonyl (C=O) groups excluding carboxylic acids is 1. The minimum absolute atomic E-state index is 0.0665. The minimum Gasteiger partial charge on any atom is -0.480 e. The molecule has 0 aliphatic heterocycles. The molecule has 0 fully saturated rings. The van der Waals surface area contributed by atoms with Crippen LogP contribution in [0.3, 0.4) is 0 Å². The predicted molar refractivity (Wildman–Crippen MR) is 104 cm³/mol. The quantitative estimate of drug-likeness (QED) is 0.712. The first-order valence-corrected chi connectivity index (χ1v) is 8.48. The van der Waals surface area contributed by atoms with Crippen molar-refractivity contribution in [3.63, 3.8) is 0 Å². The summed E-state index contributed by atoms with van der Waals surface area (Å²) in [5.74, 6) is 0.208. The van der Waals surface area contributed by atoms with Gasteiger partial charge in [-0.3, -0.25) is 4.79 Å². The van der Waals surface area contributed by atoms with Gasteiger partial charge in [0.1, 0.15) is 35.4 Å². The summed E-state index contributed by atoms with van der Waals surface area (Å²) in [5, 5.41) is 12.0. The van der Waals surface area contributed by atoms with Gasteiger partial charge >= 0.3 is 0 Å². The number of rotatable bonds is 5. The van der Waals surface area contributed by atoms with E-state index in [4.69, 9.17) is 10.00 Å². The van der Waals surface area contributed by atoms with E-state index in [9.17, 15) is 9.18 Å². The molecule has 3 aromatic rings. The topological polar surface area (TPSA) is 104 Å². The lowest BCUT2D eigenvalue weighted by Crippen LogP contribution is -2.22. The van der Waals surface area contributed by atoms with Gasteiger partial charge in [-0.05, 0) is 30.3 Å². The van der Waals surface area contributed by atoms with Gasteiger partial charge < -0.3 is 15.0 Å². The van der Waals surface area contributed by atoms with Crippen LogP contribution < -0.4 is 10.1 Å². The van der Waals surface area contributed by atoms with Gasteiger partial charge in [-0.2, -0.15) is 10.2 Å². The molecule has 0 bridgehead atoms. The number of carbonyl (C=O) groups is 1. The third-order valence-electron chi connectivity index (χ3n) is 4.00. The molecule has 0 atom stereocenters. The van der Waals surface area contributed by atoms with Crippen LogP contribution in [0.2, 0.25) is 0 Å². The van der Waals surface area contributed by atoms with Crippen molar-refractivity contribution in [2.24, 2.45) is 0 Å². The number of methoxy groups -OCH3 is 1. The molecule has 0 saturated carbocycles. The van der Waals surface area contributed by atoms with Crippen molar-refractivity contribution in [1.29, 1.82) is 5.26 Å². The van der Waals surface area contributed by atoms with Crippen molar-refractivity contribution in [2.45, 2.75) is 0 Å². The van der Waals surface area contributed by atoms with Crippen molar-refractivity contribution in [3.8, 4) is 23.2 Å². The number of amides is 1. The molecule has 0 aliphatic rings. The normalized spacial score (nSPS) is 10.2. The molecular weight excluding hydrogens is 375 g/mol. The van der Waals surface area contributed by atoms with Crippen LogP contribution in [0.1, 0.15) is 15.9 Å². The van der Waals surface area contributed by atoms with E-state index in [0.29, 0.717) is 28.5 Å². The SMILES string of the molecule is COc1nc(Nc2cc(-c3ccc(F)c(C#N)c3)ncn2)ccc1C(=O)N(C)C. The molecule has 146 valence electrons. The summed E-state index contributed by atoms with van der Waals surface area (Å²) >= 11 is 0. The standard InChI is InChI=1S/C20H17FN6O2/c1-27(2)20(28)14-5-7-17(26-19(14)29-3)25-18-9-16(23-11-24-18)12-4-6-15(21)13(8-12)10-22/h4-9,11H,1-3H3,(H,23,24,25,26). The van der Waals surface area contributed by atoms with Crippen molar-refractivity contribution in [3.05, 3.63) is 59.7 Å². The van der Waals surface area contributed by atoms with Gasteiger partial charge in [-0.1, -0.05) is 0 Å². The number of halogens is 1. The third kappa shape index (κ3) is 4.27. The Morgan fingerprint density at radius 1 is 1.17 bits per heavy atom. The largest absolute Gasteiger partial charge is 0.480 e. The zero-order valence-corrected chi connectivity index (χ0v) is 16.0. The summed E-state index contributed by atoms with van der Waals surface area (Å²) < 4.78 is 18.8. The summed E-state index contributed by atoms with van der Waals surface area (Å²) in [6, 6.07) is 10.9. The van der Waals surface area contributed by atoms with E-state index >= 15 is 0 Å². The van der Waals surface area contributed by atoms with E-state index in [2.05, 4.69) is 20.3 Å². The molecule has 2 heterocycles. The van der Waals surface area contributed by atoms with Gasteiger partial charge in [-0.25, -0.2) is 14.4 Å². The summed E-state index contributed by atoms with van der Waals surface area (Å²) in [7, 11) is 4.72. The van der Waals surface area contributed by atoms with E-state index in [0.717, 1.165) is 0 Å². The lowest BCUT2D eigenvalue weighted by Gasteiger charge is -2.14. The highest BCUT2D eigenvalue weighted by molar-refractivity contribution is 5.96. The maximum atomic E-state index is 13.5. The van der Waals surface area contributed by atoms with Gasteiger partial charge in [0, 0.05) is 25.7 Å². The number of hydrogen-bond acceptors (Lipinski definition) is 7. The van der Waals surface area contributed by atoms with Gasteiger partial charge in [0.2, 0.25) is 5.88 Å². The number of aromatic nitrogens is 3. The van der Waals surface area contributed by atoms with E-state index in [1.54, 1.807) is 38.4 Å². The Balaban J connectivity index is 1.89. The fourth-order valence-electron chi connectivity index (χ4n) is 2.55. The number of hydrogen-bond donors (Lipinski definition) is 1. The molecule has 3 rings (SSSR count). The number of benzene rings is 1. The fourth-order valence-corrected chi connectivity index (χ4v) is 2.55. The van der Waals surface area contributed by atoms with Crippen molar-refractivity contribution in [1.82, 2.24) is 19.9 Å². The van der Waals surface area contributed by atoms with Gasteiger partial charge in [0.05, 0.1) is 18.4 Å². The van der Waals surface area contributed by atoms with E-state index in [1.165, 1.54) is 36.5 Å². The second kappa shape index (κ2) is 8.31. The molecule has 9 heteroatoms. The summed E-state index contributed by atoms with van der Waals surface area (Å²) in [5.41, 5.74) is 1.35. The highest BCUT2D eigenvalue weighted by Gasteiger charge is 2.16. The lowest BCUT2D eigenvalue weighted by molar-refractivity contribution is 0.0823. The Morgan fingerprint density at radius 2 is 1.97 bits per heavy atom. The van der Waals surface area contributed by atoms with Crippen LogP contribution in [-0.4, -0.2) is 47.0 Å². The first kappa shape index (κ1) is 19.7. The van der Waals surface area contributed by atoms with Crippen molar-refractivity contribution in [2.75, 3.05) is 26.5 Å². The second-order valence-corrected chi connectivity index (χ2v) is 6.17. The molecule has 0 radical (unpaired) electrons. The summed E-state index contributed by atoms with van der Waals surface area (Å²) in [4.78, 5) is 26.2. The molecule has 0 unspecified atom stereocenters. The summed E-state index contributed by atoms with van der Waals surface area (Å²) in [6.07, 6.45) is 1.34. The monoisotopic (exact) mass is 392 g/mol. The number of ether oxygens (including phenoxy) is 1. The number of pyridine rings is 1. The van der Waals surface area contributed by atoms with Crippen LogP contribution in [0.25, 0.3) is 11.3 Å². The number of nitrogens with one attached hydrogen (secondary N) is 1.